The number of benzene rings is 4. The summed E-state index contributed by atoms with van der Waals surface area (Å²) in [5.41, 5.74) is 2.80. The monoisotopic (exact) mass is 433 g/mol. The molecule has 31 heavy (non-hydrogen) atoms. The number of hydrogen-bond acceptors (Lipinski definition) is 4. The van der Waals surface area contributed by atoms with Crippen molar-refractivity contribution in [1.29, 1.82) is 0 Å². The van der Waals surface area contributed by atoms with Crippen molar-refractivity contribution in [3.8, 4) is 11.1 Å². The summed E-state index contributed by atoms with van der Waals surface area (Å²) in [6.07, 6.45) is 0. The first-order valence-electron chi connectivity index (χ1n) is 9.62. The highest BCUT2D eigenvalue weighted by Gasteiger charge is 2.22. The van der Waals surface area contributed by atoms with Crippen LogP contribution < -0.4 is 0 Å². The van der Waals surface area contributed by atoms with Gasteiger partial charge >= 0.3 is 0 Å². The third-order valence-corrected chi connectivity index (χ3v) is 6.90. The molecular weight excluding hydrogens is 413 g/mol. The number of rotatable bonds is 5. The van der Waals surface area contributed by atoms with Crippen LogP contribution in [0.2, 0.25) is 0 Å². The first-order valence-corrected chi connectivity index (χ1v) is 11.1. The third kappa shape index (κ3) is 4.07. The molecule has 0 fully saturated rings. The topological polar surface area (TPSA) is 55.7 Å². The van der Waals surface area contributed by atoms with Crippen LogP contribution in [0.1, 0.15) is 12.5 Å². The molecule has 4 aromatic carbocycles. The molecule has 156 valence electrons. The van der Waals surface area contributed by atoms with E-state index in [-0.39, 0.29) is 15.6 Å². The molecule has 0 saturated heterocycles. The molecule has 0 aliphatic heterocycles. The zero-order valence-corrected chi connectivity index (χ0v) is 17.9. The average Bonchev–Trinajstić information content (AvgIpc) is 2.79. The van der Waals surface area contributed by atoms with Crippen LogP contribution in [-0.2, 0) is 14.7 Å². The Balaban J connectivity index is 1.78. The van der Waals surface area contributed by atoms with Gasteiger partial charge in [0.25, 0.3) is 0 Å². The van der Waals surface area contributed by atoms with Crippen LogP contribution in [0.5, 0.6) is 0 Å². The summed E-state index contributed by atoms with van der Waals surface area (Å²) in [5, 5.41) is 5.58. The number of halogens is 1. The summed E-state index contributed by atoms with van der Waals surface area (Å²) in [6.45, 7) is 1.70. The lowest BCUT2D eigenvalue weighted by Gasteiger charge is -2.11. The molecule has 6 heteroatoms. The second-order valence-corrected chi connectivity index (χ2v) is 9.01. The van der Waals surface area contributed by atoms with E-state index in [4.69, 9.17) is 4.84 Å². The predicted octanol–water partition coefficient (Wildman–Crippen LogP) is 5.85. The van der Waals surface area contributed by atoms with Gasteiger partial charge in [0.05, 0.1) is 15.5 Å². The molecule has 4 nitrogen and oxygen atoms in total. The Labute approximate surface area is 180 Å². The highest BCUT2D eigenvalue weighted by molar-refractivity contribution is 7.91. The Kier molecular flexibility index (Phi) is 5.57. The van der Waals surface area contributed by atoms with Gasteiger partial charge in [-0.2, -0.15) is 0 Å². The standard InChI is InChI=1S/C25H20FNO3S/c1-17(27-30-2)24-5-3-4-6-25(24)31(28,29)23-14-11-20-15-19(7-8-21(20)16-23)18-9-12-22(26)13-10-18/h3-16H,1-2H3. The lowest BCUT2D eigenvalue weighted by atomic mass is 10.0. The highest BCUT2D eigenvalue weighted by Crippen LogP contribution is 2.30. The smallest absolute Gasteiger partial charge is 0.207 e. The van der Waals surface area contributed by atoms with Crippen molar-refractivity contribution in [3.63, 3.8) is 0 Å². The molecule has 4 aromatic rings. The number of hydrogen-bond donors (Lipinski definition) is 0. The van der Waals surface area contributed by atoms with E-state index in [1.165, 1.54) is 19.2 Å². The largest absolute Gasteiger partial charge is 0.399 e. The van der Waals surface area contributed by atoms with Crippen LogP contribution in [0.3, 0.4) is 0 Å². The van der Waals surface area contributed by atoms with Crippen molar-refractivity contribution in [2.45, 2.75) is 16.7 Å². The average molecular weight is 434 g/mol. The Morgan fingerprint density at radius 1 is 0.839 bits per heavy atom. The van der Waals surface area contributed by atoms with Crippen molar-refractivity contribution in [1.82, 2.24) is 0 Å². The van der Waals surface area contributed by atoms with E-state index in [1.54, 1.807) is 61.5 Å². The van der Waals surface area contributed by atoms with Gasteiger partial charge in [-0.15, -0.1) is 0 Å². The van der Waals surface area contributed by atoms with Gasteiger partial charge in [0.1, 0.15) is 12.9 Å². The van der Waals surface area contributed by atoms with Crippen molar-refractivity contribution in [2.75, 3.05) is 7.11 Å². The molecule has 0 aliphatic rings. The number of oxime groups is 1. The lowest BCUT2D eigenvalue weighted by molar-refractivity contribution is 0.213. The van der Waals surface area contributed by atoms with Gasteiger partial charge in [0, 0.05) is 5.56 Å². The molecule has 0 aliphatic carbocycles. The van der Waals surface area contributed by atoms with Crippen LogP contribution >= 0.6 is 0 Å². The van der Waals surface area contributed by atoms with Crippen LogP contribution in [0, 0.1) is 5.82 Å². The minimum atomic E-state index is -3.77. The molecule has 0 N–H and O–H groups in total. The molecule has 0 heterocycles. The fourth-order valence-electron chi connectivity index (χ4n) is 3.53. The van der Waals surface area contributed by atoms with E-state index in [0.29, 0.717) is 11.3 Å². The van der Waals surface area contributed by atoms with Crippen molar-refractivity contribution in [2.24, 2.45) is 5.16 Å². The Hall–Kier alpha value is -3.51. The van der Waals surface area contributed by atoms with Gasteiger partial charge in [-0.25, -0.2) is 12.8 Å². The maximum Gasteiger partial charge on any atom is 0.207 e. The fourth-order valence-corrected chi connectivity index (χ4v) is 5.07. The van der Waals surface area contributed by atoms with E-state index < -0.39 is 9.84 Å². The lowest BCUT2D eigenvalue weighted by Crippen LogP contribution is -2.09. The van der Waals surface area contributed by atoms with Crippen molar-refractivity contribution >= 4 is 26.3 Å². The molecule has 0 spiro atoms. The molecular formula is C25H20FNO3S. The van der Waals surface area contributed by atoms with E-state index in [1.807, 2.05) is 18.2 Å². The summed E-state index contributed by atoms with van der Waals surface area (Å²) in [6, 6.07) is 23.8. The van der Waals surface area contributed by atoms with Crippen LogP contribution in [0.15, 0.2) is 99.9 Å². The fraction of sp³-hybridized carbons (Fsp3) is 0.0800. The Bertz CT molecular complexity index is 1390. The normalized spacial score (nSPS) is 12.2. The summed E-state index contributed by atoms with van der Waals surface area (Å²) in [5.74, 6) is -0.287. The van der Waals surface area contributed by atoms with Gasteiger partial charge in [0.2, 0.25) is 9.84 Å². The summed E-state index contributed by atoms with van der Waals surface area (Å²) >= 11 is 0. The van der Waals surface area contributed by atoms with E-state index >= 15 is 0 Å². The molecule has 0 amide bonds. The van der Waals surface area contributed by atoms with Crippen LogP contribution in [0.4, 0.5) is 4.39 Å². The first kappa shape index (κ1) is 20.8. The molecule has 0 bridgehead atoms. The van der Waals surface area contributed by atoms with Crippen molar-refractivity contribution in [3.05, 3.63) is 96.3 Å². The molecule has 4 rings (SSSR count). The van der Waals surface area contributed by atoms with E-state index in [0.717, 1.165) is 21.9 Å². The van der Waals surface area contributed by atoms with Crippen molar-refractivity contribution < 1.29 is 17.6 Å². The van der Waals surface area contributed by atoms with Gasteiger partial charge < -0.3 is 4.84 Å². The minimum Gasteiger partial charge on any atom is -0.399 e. The maximum atomic E-state index is 13.4. The van der Waals surface area contributed by atoms with Gasteiger partial charge in [-0.05, 0) is 65.2 Å². The predicted molar refractivity (Wildman–Crippen MR) is 120 cm³/mol. The first-order chi connectivity index (χ1) is 14.9. The second kappa shape index (κ2) is 8.32. The zero-order chi connectivity index (χ0) is 22.0. The Morgan fingerprint density at radius 3 is 2.23 bits per heavy atom. The van der Waals surface area contributed by atoms with Gasteiger partial charge in [0.15, 0.2) is 0 Å². The molecule has 0 radical (unpaired) electrons. The highest BCUT2D eigenvalue weighted by atomic mass is 32.2. The number of sulfone groups is 1. The summed E-state index contributed by atoms with van der Waals surface area (Å²) in [7, 11) is -2.35. The SMILES string of the molecule is CON=C(C)c1ccccc1S(=O)(=O)c1ccc2cc(-c3ccc(F)cc3)ccc2c1. The number of nitrogens with zero attached hydrogens (tertiary/aromatic N) is 1. The summed E-state index contributed by atoms with van der Waals surface area (Å²) in [4.78, 5) is 5.19. The molecule has 0 aromatic heterocycles. The van der Waals surface area contributed by atoms with Gasteiger partial charge in [-0.3, -0.25) is 0 Å². The quantitative estimate of drug-likeness (QED) is 0.293. The van der Waals surface area contributed by atoms with Gasteiger partial charge in [-0.1, -0.05) is 53.7 Å². The van der Waals surface area contributed by atoms with E-state index in [9.17, 15) is 12.8 Å². The molecule has 0 atom stereocenters. The zero-order valence-electron chi connectivity index (χ0n) is 17.0. The summed E-state index contributed by atoms with van der Waals surface area (Å²) < 4.78 is 40.0. The van der Waals surface area contributed by atoms with E-state index in [2.05, 4.69) is 5.16 Å². The molecule has 0 saturated carbocycles. The van der Waals surface area contributed by atoms with Crippen LogP contribution in [0.25, 0.3) is 21.9 Å². The van der Waals surface area contributed by atoms with Crippen LogP contribution in [-0.4, -0.2) is 21.2 Å². The second-order valence-electron chi connectivity index (χ2n) is 7.09. The molecule has 0 unspecified atom stereocenters. The number of fused-ring (bicyclic) bond motifs is 1. The maximum absolute atomic E-state index is 13.4. The Morgan fingerprint density at radius 2 is 1.48 bits per heavy atom. The minimum absolute atomic E-state index is 0.176. The third-order valence-electron chi connectivity index (χ3n) is 5.09.